The van der Waals surface area contributed by atoms with E-state index in [0.717, 1.165) is 48.2 Å². The molecule has 9 heteroatoms. The standard InChI is InChI=1S/C30H32F3N3O3/c31-30(32,33)23-9-6-21(7-10-23)26-16-22(8-11-28(26)39-19-20-4-2-1-3-5-20)25-17-27(25)35-14-15-36(29(37)38)24-12-13-34-18-24/h1-11,16,24-25,27,34-35H,12-15,17-19H2,(H,37,38)/t24?,25-,27+/m0/s1. The average molecular weight is 540 g/mol. The van der Waals surface area contributed by atoms with E-state index in [-0.39, 0.29) is 18.0 Å². The van der Waals surface area contributed by atoms with Crippen LogP contribution in [0.15, 0.2) is 72.8 Å². The zero-order chi connectivity index (χ0) is 27.4. The van der Waals surface area contributed by atoms with Crippen LogP contribution in [0, 0.1) is 0 Å². The molecule has 3 aromatic rings. The number of carboxylic acid groups (broad SMARTS) is 1. The summed E-state index contributed by atoms with van der Waals surface area (Å²) in [7, 11) is 0. The van der Waals surface area contributed by atoms with Gasteiger partial charge in [0, 0.05) is 43.2 Å². The second-order valence-electron chi connectivity index (χ2n) is 10.1. The van der Waals surface area contributed by atoms with Gasteiger partial charge in [-0.3, -0.25) is 0 Å². The molecule has 6 nitrogen and oxygen atoms in total. The van der Waals surface area contributed by atoms with E-state index in [1.807, 2.05) is 48.5 Å². The van der Waals surface area contributed by atoms with Crippen LogP contribution in [-0.4, -0.2) is 54.4 Å². The molecule has 1 unspecified atom stereocenters. The maximum absolute atomic E-state index is 13.1. The first-order valence-electron chi connectivity index (χ1n) is 13.2. The van der Waals surface area contributed by atoms with E-state index >= 15 is 0 Å². The Kier molecular flexibility index (Phi) is 8.09. The van der Waals surface area contributed by atoms with E-state index in [1.165, 1.54) is 17.0 Å². The Hall–Kier alpha value is -3.56. The second kappa shape index (κ2) is 11.7. The zero-order valence-corrected chi connectivity index (χ0v) is 21.5. The van der Waals surface area contributed by atoms with Crippen LogP contribution in [0.25, 0.3) is 11.1 Å². The summed E-state index contributed by atoms with van der Waals surface area (Å²) < 4.78 is 45.5. The van der Waals surface area contributed by atoms with Crippen molar-refractivity contribution in [2.75, 3.05) is 26.2 Å². The van der Waals surface area contributed by atoms with E-state index in [0.29, 0.717) is 37.6 Å². The van der Waals surface area contributed by atoms with Gasteiger partial charge in [-0.2, -0.15) is 13.2 Å². The van der Waals surface area contributed by atoms with E-state index in [1.54, 1.807) is 0 Å². The number of rotatable bonds is 10. The summed E-state index contributed by atoms with van der Waals surface area (Å²) in [5.41, 5.74) is 2.78. The van der Waals surface area contributed by atoms with Crippen molar-refractivity contribution in [1.29, 1.82) is 0 Å². The molecule has 1 aliphatic heterocycles. The topological polar surface area (TPSA) is 73.8 Å². The first-order valence-corrected chi connectivity index (χ1v) is 13.2. The summed E-state index contributed by atoms with van der Waals surface area (Å²) >= 11 is 0. The Labute approximate surface area is 225 Å². The number of hydrogen-bond acceptors (Lipinski definition) is 4. The highest BCUT2D eigenvalue weighted by atomic mass is 19.4. The Morgan fingerprint density at radius 1 is 1.08 bits per heavy atom. The summed E-state index contributed by atoms with van der Waals surface area (Å²) in [6, 6.07) is 21.0. The van der Waals surface area contributed by atoms with Crippen LogP contribution in [0.1, 0.15) is 35.4 Å². The molecule has 206 valence electrons. The number of halogens is 3. The Balaban J connectivity index is 1.28. The van der Waals surface area contributed by atoms with Crippen molar-refractivity contribution >= 4 is 6.09 Å². The minimum atomic E-state index is -4.40. The molecule has 3 N–H and O–H groups in total. The van der Waals surface area contributed by atoms with Crippen LogP contribution in [0.5, 0.6) is 5.75 Å². The van der Waals surface area contributed by atoms with Gasteiger partial charge in [-0.1, -0.05) is 48.5 Å². The molecule has 3 aromatic carbocycles. The summed E-state index contributed by atoms with van der Waals surface area (Å²) in [5, 5.41) is 16.3. The van der Waals surface area contributed by atoms with Crippen LogP contribution in [0.3, 0.4) is 0 Å². The number of hydrogen-bond donors (Lipinski definition) is 3. The third-order valence-electron chi connectivity index (χ3n) is 7.46. The summed E-state index contributed by atoms with van der Waals surface area (Å²) in [6.45, 7) is 2.85. The smallest absolute Gasteiger partial charge is 0.416 e. The molecule has 1 amide bonds. The molecule has 3 atom stereocenters. The highest BCUT2D eigenvalue weighted by molar-refractivity contribution is 5.72. The maximum atomic E-state index is 13.1. The van der Waals surface area contributed by atoms with Gasteiger partial charge in [0.05, 0.1) is 5.56 Å². The molecular weight excluding hydrogens is 507 g/mol. The van der Waals surface area contributed by atoms with E-state index in [9.17, 15) is 23.1 Å². The van der Waals surface area contributed by atoms with E-state index in [4.69, 9.17) is 4.74 Å². The number of nitrogens with zero attached hydrogens (tertiary/aromatic N) is 1. The van der Waals surface area contributed by atoms with Gasteiger partial charge in [-0.15, -0.1) is 0 Å². The normalized spacial score (nSPS) is 20.5. The third-order valence-corrected chi connectivity index (χ3v) is 7.46. The predicted octanol–water partition coefficient (Wildman–Crippen LogP) is 5.74. The minimum Gasteiger partial charge on any atom is -0.488 e. The lowest BCUT2D eigenvalue weighted by Gasteiger charge is -2.25. The van der Waals surface area contributed by atoms with Crippen molar-refractivity contribution in [3.05, 3.63) is 89.5 Å². The van der Waals surface area contributed by atoms with Gasteiger partial charge in [-0.05, 0) is 60.3 Å². The quantitative estimate of drug-likeness (QED) is 0.307. The number of benzene rings is 3. The number of nitrogens with one attached hydrogen (secondary N) is 2. The molecule has 2 fully saturated rings. The first-order chi connectivity index (χ1) is 18.8. The fraction of sp³-hybridized carbons (Fsp3) is 0.367. The third kappa shape index (κ3) is 6.72. The predicted molar refractivity (Wildman–Crippen MR) is 143 cm³/mol. The molecule has 1 saturated heterocycles. The van der Waals surface area contributed by atoms with E-state index in [2.05, 4.69) is 10.6 Å². The minimum absolute atomic E-state index is 0.00835. The summed E-state index contributed by atoms with van der Waals surface area (Å²) in [5.74, 6) is 0.850. The average Bonchev–Trinajstić information content (AvgIpc) is 3.50. The molecule has 0 aromatic heterocycles. The largest absolute Gasteiger partial charge is 0.488 e. The van der Waals surface area contributed by atoms with Gasteiger partial charge in [0.1, 0.15) is 12.4 Å². The fourth-order valence-corrected chi connectivity index (χ4v) is 5.20. The molecule has 2 aliphatic rings. The van der Waals surface area contributed by atoms with Crippen LogP contribution in [0.2, 0.25) is 0 Å². The molecule has 0 radical (unpaired) electrons. The number of ether oxygens (including phenoxy) is 1. The van der Waals surface area contributed by atoms with Crippen molar-refractivity contribution in [1.82, 2.24) is 15.5 Å². The Bertz CT molecular complexity index is 1260. The highest BCUT2D eigenvalue weighted by Crippen LogP contribution is 2.44. The molecule has 39 heavy (non-hydrogen) atoms. The van der Waals surface area contributed by atoms with Gasteiger partial charge in [0.25, 0.3) is 0 Å². The fourth-order valence-electron chi connectivity index (χ4n) is 5.20. The number of alkyl halides is 3. The molecule has 1 aliphatic carbocycles. The Morgan fingerprint density at radius 3 is 2.51 bits per heavy atom. The van der Waals surface area contributed by atoms with Crippen LogP contribution >= 0.6 is 0 Å². The molecule has 1 heterocycles. The SMILES string of the molecule is O=C(O)N(CCN[C@@H]1C[C@H]1c1ccc(OCc2ccccc2)c(-c2ccc(C(F)(F)F)cc2)c1)C1CCNC1. The zero-order valence-electron chi connectivity index (χ0n) is 21.5. The van der Waals surface area contributed by atoms with Crippen molar-refractivity contribution in [3.63, 3.8) is 0 Å². The lowest BCUT2D eigenvalue weighted by molar-refractivity contribution is -0.137. The molecule has 1 saturated carbocycles. The summed E-state index contributed by atoms with van der Waals surface area (Å²) in [4.78, 5) is 13.2. The van der Waals surface area contributed by atoms with Gasteiger partial charge in [0.2, 0.25) is 0 Å². The van der Waals surface area contributed by atoms with Crippen molar-refractivity contribution in [2.24, 2.45) is 0 Å². The molecule has 0 spiro atoms. The van der Waals surface area contributed by atoms with Crippen LogP contribution in [-0.2, 0) is 12.8 Å². The lowest BCUT2D eigenvalue weighted by atomic mass is 9.98. The summed E-state index contributed by atoms with van der Waals surface area (Å²) in [6.07, 6.45) is -3.56. The maximum Gasteiger partial charge on any atom is 0.416 e. The van der Waals surface area contributed by atoms with Crippen molar-refractivity contribution in [3.8, 4) is 16.9 Å². The number of amides is 1. The van der Waals surface area contributed by atoms with Crippen molar-refractivity contribution < 1.29 is 27.8 Å². The van der Waals surface area contributed by atoms with Gasteiger partial charge >= 0.3 is 12.3 Å². The van der Waals surface area contributed by atoms with Gasteiger partial charge in [0.15, 0.2) is 0 Å². The Morgan fingerprint density at radius 2 is 1.85 bits per heavy atom. The first kappa shape index (κ1) is 27.0. The highest BCUT2D eigenvalue weighted by Gasteiger charge is 2.38. The number of carbonyl (C=O) groups is 1. The molecular formula is C30H32F3N3O3. The molecule has 5 rings (SSSR count). The monoisotopic (exact) mass is 539 g/mol. The van der Waals surface area contributed by atoms with Gasteiger partial charge < -0.3 is 25.4 Å². The van der Waals surface area contributed by atoms with E-state index < -0.39 is 17.8 Å². The van der Waals surface area contributed by atoms with Crippen LogP contribution in [0.4, 0.5) is 18.0 Å². The van der Waals surface area contributed by atoms with Crippen molar-refractivity contribution in [2.45, 2.75) is 43.6 Å². The lowest BCUT2D eigenvalue weighted by Crippen LogP contribution is -2.44. The van der Waals surface area contributed by atoms with Crippen LogP contribution < -0.4 is 15.4 Å². The second-order valence-corrected chi connectivity index (χ2v) is 10.1. The molecule has 0 bridgehead atoms. The van der Waals surface area contributed by atoms with Gasteiger partial charge in [-0.25, -0.2) is 4.79 Å².